The summed E-state index contributed by atoms with van der Waals surface area (Å²) in [4.78, 5) is 104. The van der Waals surface area contributed by atoms with Crippen LogP contribution in [0.2, 0.25) is 0 Å². The van der Waals surface area contributed by atoms with Crippen LogP contribution in [-0.4, -0.2) is 197 Å². The Labute approximate surface area is 552 Å². The molecule has 0 bridgehead atoms. The number of primary amides is 1. The SMILES string of the molecule is C=C(CCCCCCCCCCCCCCCS(=O)(=O)O)N[C@@H](CCC(=O)NCCOCCOCC(=O)CCCOCCOCC(=O)NCCCC[C@H](NCC(=O)[C@@H](N)C(C)C)C(=O)CN(C)[C@@H](CCCCC(=N)N)C(=O)C[C@@H](Cc1ccc(O)cc1)C(N)=O)C(=O)O. The number of carbonyl (C=O) groups is 8. The highest BCUT2D eigenvalue weighted by atomic mass is 32.2. The molecule has 0 saturated carbocycles. The first kappa shape index (κ1) is 85.2. The van der Waals surface area contributed by atoms with Crippen LogP contribution in [0.3, 0.4) is 0 Å². The number of likely N-dealkylation sites (N-methyl/N-ethyl adjacent to an activating group) is 1. The summed E-state index contributed by atoms with van der Waals surface area (Å²) >= 11 is 0. The molecule has 0 aliphatic carbocycles. The predicted octanol–water partition coefficient (Wildman–Crippen LogP) is 5.38. The van der Waals surface area contributed by atoms with E-state index in [2.05, 4.69) is 27.8 Å². The van der Waals surface area contributed by atoms with Crippen molar-refractivity contribution in [2.24, 2.45) is 29.0 Å². The van der Waals surface area contributed by atoms with E-state index >= 15 is 0 Å². The second-order valence-corrected chi connectivity index (χ2v) is 26.0. The number of rotatable bonds is 64. The average molecular weight is 1340 g/mol. The van der Waals surface area contributed by atoms with Gasteiger partial charge in [-0.15, -0.1) is 0 Å². The molecule has 0 spiro atoms. The zero-order valence-corrected chi connectivity index (χ0v) is 56.7. The first-order valence-corrected chi connectivity index (χ1v) is 35.1. The van der Waals surface area contributed by atoms with E-state index in [1.165, 1.54) is 37.8 Å². The summed E-state index contributed by atoms with van der Waals surface area (Å²) in [6.07, 6.45) is 17.9. The van der Waals surface area contributed by atoms with Crippen LogP contribution in [0.4, 0.5) is 0 Å². The number of aromatic hydroxyl groups is 1. The summed E-state index contributed by atoms with van der Waals surface area (Å²) in [5, 5.41) is 38.6. The number of nitrogens with zero attached hydrogens (tertiary/aromatic N) is 1. The Morgan fingerprint density at radius 1 is 0.624 bits per heavy atom. The number of carboxylic acid groups (broad SMARTS) is 1. The monoisotopic (exact) mass is 1340 g/mol. The number of benzene rings is 1. The number of amidine groups is 1. The van der Waals surface area contributed by atoms with Crippen molar-refractivity contribution < 1.29 is 80.5 Å². The second kappa shape index (κ2) is 52.5. The summed E-state index contributed by atoms with van der Waals surface area (Å²) < 4.78 is 52.2. The number of phenolic OH excluding ortho intramolecular Hbond substituents is 1. The van der Waals surface area contributed by atoms with Gasteiger partial charge in [-0.25, -0.2) is 4.79 Å². The number of allylic oxidation sites excluding steroid dienone is 1. The minimum absolute atomic E-state index is 0.0122. The van der Waals surface area contributed by atoms with Gasteiger partial charge in [0.25, 0.3) is 10.1 Å². The van der Waals surface area contributed by atoms with Gasteiger partial charge in [0.2, 0.25) is 17.7 Å². The first-order valence-electron chi connectivity index (χ1n) is 33.4. The van der Waals surface area contributed by atoms with Crippen molar-refractivity contribution in [2.75, 3.05) is 91.8 Å². The predicted molar refractivity (Wildman–Crippen MR) is 357 cm³/mol. The molecule has 0 unspecified atom stereocenters. The van der Waals surface area contributed by atoms with Crippen LogP contribution in [-0.2, 0) is 73.8 Å². The molecule has 27 heteroatoms. The topological polar surface area (TPSA) is 422 Å². The molecule has 0 saturated heterocycles. The Balaban J connectivity index is 2.29. The van der Waals surface area contributed by atoms with E-state index in [9.17, 15) is 57.0 Å². The Kier molecular flexibility index (Phi) is 48.1. The molecule has 1 rings (SSSR count). The molecule has 0 aliphatic heterocycles. The zero-order chi connectivity index (χ0) is 69.2. The van der Waals surface area contributed by atoms with Crippen LogP contribution in [0.25, 0.3) is 0 Å². The first-order chi connectivity index (χ1) is 44.3. The van der Waals surface area contributed by atoms with E-state index < -0.39 is 52.1 Å². The molecule has 532 valence electrons. The van der Waals surface area contributed by atoms with Crippen molar-refractivity contribution in [1.82, 2.24) is 26.2 Å². The largest absolute Gasteiger partial charge is 0.508 e. The smallest absolute Gasteiger partial charge is 0.326 e. The normalized spacial score (nSPS) is 13.2. The maximum atomic E-state index is 14.0. The van der Waals surface area contributed by atoms with Gasteiger partial charge in [-0.05, 0) is 101 Å². The van der Waals surface area contributed by atoms with Crippen molar-refractivity contribution in [1.29, 1.82) is 5.41 Å². The molecule has 5 atom stereocenters. The lowest BCUT2D eigenvalue weighted by Crippen LogP contribution is -2.50. The number of carbonyl (C=O) groups excluding carboxylic acids is 7. The van der Waals surface area contributed by atoms with E-state index in [0.717, 1.165) is 51.4 Å². The van der Waals surface area contributed by atoms with Crippen LogP contribution < -0.4 is 38.5 Å². The quantitative estimate of drug-likeness (QED) is 0.0169. The molecule has 0 aliphatic rings. The molecule has 0 radical (unpaired) electrons. The molecular formula is C66H115N9O17S. The van der Waals surface area contributed by atoms with E-state index in [1.54, 1.807) is 24.1 Å². The van der Waals surface area contributed by atoms with E-state index in [1.807, 2.05) is 13.8 Å². The summed E-state index contributed by atoms with van der Waals surface area (Å²) in [5.74, 6) is -4.32. The number of hydrogen-bond acceptors (Lipinski definition) is 20. The molecule has 14 N–H and O–H groups in total. The molecule has 93 heavy (non-hydrogen) atoms. The van der Waals surface area contributed by atoms with Crippen LogP contribution in [0.15, 0.2) is 36.5 Å². The van der Waals surface area contributed by atoms with Crippen LogP contribution in [0, 0.1) is 17.2 Å². The highest BCUT2D eigenvalue weighted by Gasteiger charge is 2.31. The number of Topliss-reactive ketones (excluding diaryl/α,β-unsaturated/α-hetero) is 4. The van der Waals surface area contributed by atoms with Gasteiger partial charge in [-0.3, -0.25) is 48.4 Å². The molecule has 26 nitrogen and oxygen atoms in total. The van der Waals surface area contributed by atoms with Crippen LogP contribution >= 0.6 is 0 Å². The van der Waals surface area contributed by atoms with Crippen LogP contribution in [0.5, 0.6) is 5.75 Å². The van der Waals surface area contributed by atoms with Gasteiger partial charge in [0.1, 0.15) is 25.0 Å². The van der Waals surface area contributed by atoms with Crippen molar-refractivity contribution in [3.63, 3.8) is 0 Å². The number of aliphatic carboxylic acids is 1. The number of ketones is 4. The van der Waals surface area contributed by atoms with E-state index in [4.69, 9.17) is 46.1 Å². The number of hydrogen-bond donors (Lipinski definition) is 11. The standard InChI is InChI=1S/C66H115N9O17S/c1-49(2)64(69)59(79)45-73-55(60(80)46-75(4)57(26-17-18-27-61(67)68)58(78)44-52(65(70)83)43-51-28-30-53(76)31-29-51)25-19-20-34-71-63(82)48-92-41-38-89-36-22-24-54(77)47-91-40-39-90-37-35-72-62(81)33-32-56(66(84)85)74-50(3)23-16-14-12-10-8-6-5-7-9-11-13-15-21-42-93(86,87)88/h28-31,49,52,55-57,64,73-74,76H,3,5-27,32-48,69H2,1-2,4H3,(H3,67,68)(H2,70,83)(H,71,82)(H,72,81)(H,84,85)(H,86,87,88)/t52-,55+,56+,57+,64+/m1/s1. The molecule has 0 aromatic heterocycles. The minimum Gasteiger partial charge on any atom is -0.508 e. The molecule has 1 aromatic rings. The Hall–Kier alpha value is -5.78. The number of ether oxygens (including phenoxy) is 4. The summed E-state index contributed by atoms with van der Waals surface area (Å²) in [7, 11) is -2.20. The lowest BCUT2D eigenvalue weighted by atomic mass is 9.89. The fourth-order valence-electron chi connectivity index (χ4n) is 10.2. The number of unbranched alkanes of at least 4 members (excludes halogenated alkanes) is 14. The van der Waals surface area contributed by atoms with E-state index in [0.29, 0.717) is 88.6 Å². The Morgan fingerprint density at radius 2 is 1.18 bits per heavy atom. The van der Waals surface area contributed by atoms with Gasteiger partial charge in [0, 0.05) is 57.0 Å². The van der Waals surface area contributed by atoms with Crippen molar-refractivity contribution >= 4 is 62.8 Å². The highest BCUT2D eigenvalue weighted by molar-refractivity contribution is 7.85. The maximum absolute atomic E-state index is 14.0. The lowest BCUT2D eigenvalue weighted by molar-refractivity contribution is -0.139. The number of amides is 3. The summed E-state index contributed by atoms with van der Waals surface area (Å²) in [6, 6.07) is 3.05. The van der Waals surface area contributed by atoms with Crippen molar-refractivity contribution in [3.8, 4) is 5.75 Å². The Morgan fingerprint density at radius 3 is 1.77 bits per heavy atom. The number of nitrogens with one attached hydrogen (secondary N) is 5. The third kappa shape index (κ3) is 46.9. The fraction of sp³-hybridized carbons (Fsp3) is 0.742. The Bertz CT molecular complexity index is 2450. The van der Waals surface area contributed by atoms with Gasteiger partial charge in [-0.1, -0.05) is 110 Å². The number of carboxylic acids is 1. The van der Waals surface area contributed by atoms with Gasteiger partial charge < -0.3 is 67.6 Å². The van der Waals surface area contributed by atoms with Gasteiger partial charge in [0.15, 0.2) is 23.1 Å². The molecule has 0 fully saturated rings. The maximum Gasteiger partial charge on any atom is 0.326 e. The summed E-state index contributed by atoms with van der Waals surface area (Å²) in [6.45, 7) is 8.82. The number of phenols is 1. The van der Waals surface area contributed by atoms with Gasteiger partial charge in [-0.2, -0.15) is 8.42 Å². The molecule has 1 aromatic carbocycles. The molecular weight excluding hydrogens is 1220 g/mol. The minimum atomic E-state index is -3.85. The third-order valence-electron chi connectivity index (χ3n) is 15.8. The average Bonchev–Trinajstić information content (AvgIpc) is 1.12. The van der Waals surface area contributed by atoms with Gasteiger partial charge in [0.05, 0.1) is 75.8 Å². The van der Waals surface area contributed by atoms with E-state index in [-0.39, 0.29) is 156 Å². The third-order valence-corrected chi connectivity index (χ3v) is 16.6. The number of nitrogens with two attached hydrogens (primary N) is 3. The lowest BCUT2D eigenvalue weighted by Gasteiger charge is -2.29. The zero-order valence-electron chi connectivity index (χ0n) is 55.9. The van der Waals surface area contributed by atoms with Gasteiger partial charge >= 0.3 is 5.97 Å². The summed E-state index contributed by atoms with van der Waals surface area (Å²) in [5.41, 5.74) is 18.8. The fourth-order valence-corrected chi connectivity index (χ4v) is 10.7. The second-order valence-electron chi connectivity index (χ2n) is 24.5. The van der Waals surface area contributed by atoms with Crippen molar-refractivity contribution in [2.45, 2.75) is 211 Å². The van der Waals surface area contributed by atoms with Crippen molar-refractivity contribution in [3.05, 3.63) is 42.1 Å². The molecule has 3 amide bonds. The highest BCUT2D eigenvalue weighted by Crippen LogP contribution is 2.21. The molecule has 0 heterocycles. The van der Waals surface area contributed by atoms with Crippen LogP contribution in [0.1, 0.15) is 186 Å².